The van der Waals surface area contributed by atoms with Crippen molar-refractivity contribution >= 4 is 11.6 Å². The third kappa shape index (κ3) is 4.89. The molecule has 1 heterocycles. The van der Waals surface area contributed by atoms with E-state index in [0.717, 1.165) is 43.1 Å². The molecule has 0 spiro atoms. The summed E-state index contributed by atoms with van der Waals surface area (Å²) in [4.78, 5) is 15.0. The van der Waals surface area contributed by atoms with E-state index >= 15 is 0 Å². The quantitative estimate of drug-likeness (QED) is 0.568. The summed E-state index contributed by atoms with van der Waals surface area (Å²) in [5.74, 6) is 1.64. The Labute approximate surface area is 183 Å². The van der Waals surface area contributed by atoms with Gasteiger partial charge >= 0.3 is 0 Å². The molecule has 5 heteroatoms. The Morgan fingerprint density at radius 2 is 1.77 bits per heavy atom. The van der Waals surface area contributed by atoms with E-state index < -0.39 is 0 Å². The average Bonchev–Trinajstić information content (AvgIpc) is 3.27. The Balaban J connectivity index is 1.46. The predicted molar refractivity (Wildman–Crippen MR) is 123 cm³/mol. The normalized spacial score (nSPS) is 16.1. The van der Waals surface area contributed by atoms with Gasteiger partial charge in [-0.05, 0) is 67.4 Å². The van der Waals surface area contributed by atoms with E-state index in [0.29, 0.717) is 5.56 Å². The SMILES string of the molecule is COc1ccc(OC)c([C@H]2CCCN2Cc2ccc(C(=O)Nc3ccccc3)cc2)c1. The van der Waals surface area contributed by atoms with E-state index in [1.165, 1.54) is 11.1 Å². The number of methoxy groups -OCH3 is 2. The van der Waals surface area contributed by atoms with Crippen molar-refractivity contribution in [3.8, 4) is 11.5 Å². The number of nitrogens with zero attached hydrogens (tertiary/aromatic N) is 1. The smallest absolute Gasteiger partial charge is 0.255 e. The summed E-state index contributed by atoms with van der Waals surface area (Å²) in [6.45, 7) is 1.85. The number of hydrogen-bond donors (Lipinski definition) is 1. The Morgan fingerprint density at radius 3 is 2.48 bits per heavy atom. The molecule has 1 saturated heterocycles. The van der Waals surface area contributed by atoms with Crippen molar-refractivity contribution in [3.63, 3.8) is 0 Å². The average molecular weight is 417 g/mol. The molecule has 4 rings (SSSR count). The third-order valence-corrected chi connectivity index (χ3v) is 5.79. The molecular weight excluding hydrogens is 388 g/mol. The molecule has 1 amide bonds. The molecule has 0 aromatic heterocycles. The van der Waals surface area contributed by atoms with Crippen LogP contribution in [0.4, 0.5) is 5.69 Å². The highest BCUT2D eigenvalue weighted by Crippen LogP contribution is 2.39. The largest absolute Gasteiger partial charge is 0.497 e. The molecular formula is C26H28N2O3. The fraction of sp³-hybridized carbons (Fsp3) is 0.269. The van der Waals surface area contributed by atoms with Gasteiger partial charge in [0.15, 0.2) is 0 Å². The maximum atomic E-state index is 12.5. The zero-order valence-electron chi connectivity index (χ0n) is 18.0. The molecule has 160 valence electrons. The van der Waals surface area contributed by atoms with Crippen molar-refractivity contribution in [2.75, 3.05) is 26.1 Å². The summed E-state index contributed by atoms with van der Waals surface area (Å²) in [5.41, 5.74) is 3.80. The molecule has 3 aromatic rings. The van der Waals surface area contributed by atoms with Gasteiger partial charge in [0.2, 0.25) is 0 Å². The molecule has 1 atom stereocenters. The lowest BCUT2D eigenvalue weighted by Crippen LogP contribution is -2.23. The number of likely N-dealkylation sites (tertiary alicyclic amines) is 1. The number of ether oxygens (including phenoxy) is 2. The number of hydrogen-bond acceptors (Lipinski definition) is 4. The van der Waals surface area contributed by atoms with E-state index in [4.69, 9.17) is 9.47 Å². The first-order chi connectivity index (χ1) is 15.2. The van der Waals surface area contributed by atoms with Gasteiger partial charge in [0.05, 0.1) is 14.2 Å². The van der Waals surface area contributed by atoms with Crippen LogP contribution in [0.15, 0.2) is 72.8 Å². The summed E-state index contributed by atoms with van der Waals surface area (Å²) in [7, 11) is 3.40. The first-order valence-electron chi connectivity index (χ1n) is 10.6. The Kier molecular flexibility index (Phi) is 6.53. The van der Waals surface area contributed by atoms with Gasteiger partial charge in [-0.15, -0.1) is 0 Å². The molecule has 0 saturated carbocycles. The molecule has 0 unspecified atom stereocenters. The van der Waals surface area contributed by atoms with Crippen LogP contribution in [0.5, 0.6) is 11.5 Å². The summed E-state index contributed by atoms with van der Waals surface area (Å²) >= 11 is 0. The minimum absolute atomic E-state index is 0.0992. The van der Waals surface area contributed by atoms with Gasteiger partial charge in [0.1, 0.15) is 11.5 Å². The fourth-order valence-corrected chi connectivity index (χ4v) is 4.19. The summed E-state index contributed by atoms with van der Waals surface area (Å²) < 4.78 is 11.1. The molecule has 0 radical (unpaired) electrons. The number of amides is 1. The van der Waals surface area contributed by atoms with Crippen molar-refractivity contribution in [1.29, 1.82) is 0 Å². The van der Waals surface area contributed by atoms with Crippen LogP contribution in [0.3, 0.4) is 0 Å². The number of para-hydroxylation sites is 1. The van der Waals surface area contributed by atoms with Gasteiger partial charge in [0, 0.05) is 29.4 Å². The second kappa shape index (κ2) is 9.67. The third-order valence-electron chi connectivity index (χ3n) is 5.79. The van der Waals surface area contributed by atoms with E-state index in [9.17, 15) is 4.79 Å². The first kappa shape index (κ1) is 20.9. The zero-order chi connectivity index (χ0) is 21.6. The molecule has 1 aliphatic rings. The molecule has 1 aliphatic heterocycles. The lowest BCUT2D eigenvalue weighted by atomic mass is 10.0. The van der Waals surface area contributed by atoms with Gasteiger partial charge < -0.3 is 14.8 Å². The monoisotopic (exact) mass is 416 g/mol. The van der Waals surface area contributed by atoms with Crippen LogP contribution in [0.1, 0.15) is 40.4 Å². The second-order valence-electron chi connectivity index (χ2n) is 7.75. The minimum Gasteiger partial charge on any atom is -0.497 e. The van der Waals surface area contributed by atoms with Crippen LogP contribution in [0.2, 0.25) is 0 Å². The summed E-state index contributed by atoms with van der Waals surface area (Å²) in [5, 5.41) is 2.93. The van der Waals surface area contributed by atoms with E-state index in [-0.39, 0.29) is 11.9 Å². The number of rotatable bonds is 7. The molecule has 1 fully saturated rings. The zero-order valence-corrected chi connectivity index (χ0v) is 18.0. The van der Waals surface area contributed by atoms with Gasteiger partial charge in [-0.25, -0.2) is 0 Å². The fourth-order valence-electron chi connectivity index (χ4n) is 4.19. The van der Waals surface area contributed by atoms with Crippen LogP contribution in [-0.2, 0) is 6.54 Å². The number of nitrogens with one attached hydrogen (secondary N) is 1. The lowest BCUT2D eigenvalue weighted by molar-refractivity contribution is 0.102. The highest BCUT2D eigenvalue weighted by atomic mass is 16.5. The van der Waals surface area contributed by atoms with Crippen molar-refractivity contribution in [2.45, 2.75) is 25.4 Å². The first-order valence-corrected chi connectivity index (χ1v) is 10.6. The number of benzene rings is 3. The van der Waals surface area contributed by atoms with E-state index in [1.807, 2.05) is 66.7 Å². The van der Waals surface area contributed by atoms with Crippen LogP contribution in [0, 0.1) is 0 Å². The van der Waals surface area contributed by atoms with Crippen LogP contribution >= 0.6 is 0 Å². The minimum atomic E-state index is -0.0992. The van der Waals surface area contributed by atoms with Crippen molar-refractivity contribution in [2.24, 2.45) is 0 Å². The Bertz CT molecular complexity index is 1020. The molecule has 0 aliphatic carbocycles. The lowest BCUT2D eigenvalue weighted by Gasteiger charge is -2.26. The number of carbonyl (C=O) groups is 1. The van der Waals surface area contributed by atoms with E-state index in [2.05, 4.69) is 16.3 Å². The van der Waals surface area contributed by atoms with Crippen molar-refractivity contribution in [3.05, 3.63) is 89.5 Å². The molecule has 31 heavy (non-hydrogen) atoms. The van der Waals surface area contributed by atoms with Gasteiger partial charge in [-0.1, -0.05) is 30.3 Å². The molecule has 3 aromatic carbocycles. The van der Waals surface area contributed by atoms with Gasteiger partial charge in [-0.3, -0.25) is 9.69 Å². The number of carbonyl (C=O) groups excluding carboxylic acids is 1. The number of anilines is 1. The van der Waals surface area contributed by atoms with Crippen LogP contribution < -0.4 is 14.8 Å². The topological polar surface area (TPSA) is 50.8 Å². The maximum absolute atomic E-state index is 12.5. The summed E-state index contributed by atoms with van der Waals surface area (Å²) in [6, 6.07) is 23.6. The van der Waals surface area contributed by atoms with Crippen LogP contribution in [-0.4, -0.2) is 31.6 Å². The van der Waals surface area contributed by atoms with Crippen molar-refractivity contribution in [1.82, 2.24) is 4.90 Å². The Morgan fingerprint density at radius 1 is 1.00 bits per heavy atom. The second-order valence-corrected chi connectivity index (χ2v) is 7.75. The molecule has 0 bridgehead atoms. The van der Waals surface area contributed by atoms with Crippen LogP contribution in [0.25, 0.3) is 0 Å². The predicted octanol–water partition coefficient (Wildman–Crippen LogP) is 5.29. The van der Waals surface area contributed by atoms with Gasteiger partial charge in [-0.2, -0.15) is 0 Å². The standard InChI is InChI=1S/C26H28N2O3/c1-30-22-14-15-25(31-2)23(17-22)24-9-6-16-28(24)18-19-10-12-20(13-11-19)26(29)27-21-7-4-3-5-8-21/h3-5,7-8,10-15,17,24H,6,9,16,18H2,1-2H3,(H,27,29)/t24-/m1/s1. The van der Waals surface area contributed by atoms with Gasteiger partial charge in [0.25, 0.3) is 5.91 Å². The Hall–Kier alpha value is -3.31. The van der Waals surface area contributed by atoms with Crippen molar-refractivity contribution < 1.29 is 14.3 Å². The molecule has 5 nitrogen and oxygen atoms in total. The van der Waals surface area contributed by atoms with E-state index in [1.54, 1.807) is 14.2 Å². The highest BCUT2D eigenvalue weighted by Gasteiger charge is 2.28. The highest BCUT2D eigenvalue weighted by molar-refractivity contribution is 6.04. The maximum Gasteiger partial charge on any atom is 0.255 e. The molecule has 1 N–H and O–H groups in total. The summed E-state index contributed by atoms with van der Waals surface area (Å²) in [6.07, 6.45) is 2.23.